The van der Waals surface area contributed by atoms with Crippen molar-refractivity contribution in [3.63, 3.8) is 0 Å². The Morgan fingerprint density at radius 1 is 1.28 bits per heavy atom. The summed E-state index contributed by atoms with van der Waals surface area (Å²) in [4.78, 5) is 10.9. The zero-order valence-corrected chi connectivity index (χ0v) is 10.9. The van der Waals surface area contributed by atoms with Crippen molar-refractivity contribution in [1.82, 2.24) is 10.2 Å². The summed E-state index contributed by atoms with van der Waals surface area (Å²) in [5.41, 5.74) is 5.32. The Bertz CT molecular complexity index is 418. The largest absolute Gasteiger partial charge is 0.366 e. The first-order valence-electron chi connectivity index (χ1n) is 6.46. The van der Waals surface area contributed by atoms with Crippen LogP contribution in [-0.4, -0.2) is 22.1 Å². The van der Waals surface area contributed by atoms with E-state index in [4.69, 9.17) is 5.73 Å². The number of nitrogens with two attached hydrogens (primary N) is 1. The average molecular weight is 248 g/mol. The van der Waals surface area contributed by atoms with Crippen molar-refractivity contribution in [2.45, 2.75) is 39.2 Å². The minimum Gasteiger partial charge on any atom is -0.366 e. The zero-order valence-electron chi connectivity index (χ0n) is 10.9. The van der Waals surface area contributed by atoms with Crippen LogP contribution in [0.25, 0.3) is 0 Å². The number of nitrogens with one attached hydrogen (secondary N) is 1. The molecule has 0 saturated heterocycles. The SMILES string of the molecule is CC1CCC(Nc2ccc(C(N)=O)nn2)CC1C. The highest BCUT2D eigenvalue weighted by Crippen LogP contribution is 2.30. The van der Waals surface area contributed by atoms with E-state index >= 15 is 0 Å². The summed E-state index contributed by atoms with van der Waals surface area (Å²) >= 11 is 0. The second-order valence-corrected chi connectivity index (χ2v) is 5.28. The lowest BCUT2D eigenvalue weighted by Gasteiger charge is -2.32. The summed E-state index contributed by atoms with van der Waals surface area (Å²) in [7, 11) is 0. The van der Waals surface area contributed by atoms with Crippen LogP contribution >= 0.6 is 0 Å². The van der Waals surface area contributed by atoms with Crippen LogP contribution in [0.4, 0.5) is 5.82 Å². The molecule has 98 valence electrons. The topological polar surface area (TPSA) is 80.9 Å². The number of carbonyl (C=O) groups excluding carboxylic acids is 1. The van der Waals surface area contributed by atoms with E-state index in [0.717, 1.165) is 24.7 Å². The molecule has 5 heteroatoms. The van der Waals surface area contributed by atoms with Crippen LogP contribution in [0, 0.1) is 11.8 Å². The summed E-state index contributed by atoms with van der Waals surface area (Å²) < 4.78 is 0. The third kappa shape index (κ3) is 2.97. The van der Waals surface area contributed by atoms with Crippen LogP contribution in [0.3, 0.4) is 0 Å². The summed E-state index contributed by atoms with van der Waals surface area (Å²) in [6.45, 7) is 4.60. The van der Waals surface area contributed by atoms with Crippen molar-refractivity contribution in [2.75, 3.05) is 5.32 Å². The lowest BCUT2D eigenvalue weighted by Crippen LogP contribution is -2.30. The monoisotopic (exact) mass is 248 g/mol. The fourth-order valence-corrected chi connectivity index (χ4v) is 2.43. The van der Waals surface area contributed by atoms with Gasteiger partial charge in [-0.25, -0.2) is 0 Å². The van der Waals surface area contributed by atoms with E-state index in [1.54, 1.807) is 12.1 Å². The number of primary amides is 1. The molecule has 0 aliphatic heterocycles. The van der Waals surface area contributed by atoms with Gasteiger partial charge in [-0.2, -0.15) is 0 Å². The predicted molar refractivity (Wildman–Crippen MR) is 70.1 cm³/mol. The number of carbonyl (C=O) groups is 1. The first-order chi connectivity index (χ1) is 8.56. The van der Waals surface area contributed by atoms with Crippen LogP contribution in [0.1, 0.15) is 43.6 Å². The van der Waals surface area contributed by atoms with Gasteiger partial charge in [0.05, 0.1) is 0 Å². The van der Waals surface area contributed by atoms with Crippen molar-refractivity contribution in [1.29, 1.82) is 0 Å². The fraction of sp³-hybridized carbons (Fsp3) is 0.615. The third-order valence-electron chi connectivity index (χ3n) is 3.87. The molecule has 0 bridgehead atoms. The number of amides is 1. The molecule has 1 amide bonds. The molecular weight excluding hydrogens is 228 g/mol. The Morgan fingerprint density at radius 2 is 2.06 bits per heavy atom. The van der Waals surface area contributed by atoms with Crippen LogP contribution < -0.4 is 11.1 Å². The maximum Gasteiger partial charge on any atom is 0.269 e. The summed E-state index contributed by atoms with van der Waals surface area (Å²) in [6.07, 6.45) is 3.55. The van der Waals surface area contributed by atoms with Crippen molar-refractivity contribution < 1.29 is 4.79 Å². The molecule has 1 aliphatic carbocycles. The van der Waals surface area contributed by atoms with Gasteiger partial charge < -0.3 is 11.1 Å². The Hall–Kier alpha value is -1.65. The van der Waals surface area contributed by atoms with E-state index in [1.807, 2.05) is 0 Å². The van der Waals surface area contributed by atoms with Crippen molar-refractivity contribution in [3.05, 3.63) is 17.8 Å². The minimum absolute atomic E-state index is 0.200. The number of nitrogens with zero attached hydrogens (tertiary/aromatic N) is 2. The maximum absolute atomic E-state index is 10.9. The lowest BCUT2D eigenvalue weighted by molar-refractivity contribution is 0.0994. The molecule has 3 unspecified atom stereocenters. The van der Waals surface area contributed by atoms with Gasteiger partial charge in [-0.05, 0) is 43.2 Å². The molecular formula is C13H20N4O. The van der Waals surface area contributed by atoms with Crippen molar-refractivity contribution in [3.8, 4) is 0 Å². The van der Waals surface area contributed by atoms with E-state index in [2.05, 4.69) is 29.4 Å². The number of rotatable bonds is 3. The van der Waals surface area contributed by atoms with Crippen molar-refractivity contribution >= 4 is 11.7 Å². The van der Waals surface area contributed by atoms with Gasteiger partial charge in [0.1, 0.15) is 5.82 Å². The molecule has 1 aliphatic rings. The molecule has 18 heavy (non-hydrogen) atoms. The second-order valence-electron chi connectivity index (χ2n) is 5.28. The average Bonchev–Trinajstić information content (AvgIpc) is 2.34. The van der Waals surface area contributed by atoms with Gasteiger partial charge in [0.2, 0.25) is 0 Å². The molecule has 0 radical (unpaired) electrons. The van der Waals surface area contributed by atoms with E-state index in [0.29, 0.717) is 11.9 Å². The van der Waals surface area contributed by atoms with Gasteiger partial charge in [0, 0.05) is 6.04 Å². The normalized spacial score (nSPS) is 27.8. The van der Waals surface area contributed by atoms with Gasteiger partial charge in [0.15, 0.2) is 5.69 Å². The Morgan fingerprint density at radius 3 is 2.61 bits per heavy atom. The molecule has 1 aromatic heterocycles. The van der Waals surface area contributed by atoms with Gasteiger partial charge in [-0.15, -0.1) is 10.2 Å². The van der Waals surface area contributed by atoms with E-state index < -0.39 is 5.91 Å². The van der Waals surface area contributed by atoms with Crippen LogP contribution in [0.5, 0.6) is 0 Å². The molecule has 1 fully saturated rings. The lowest BCUT2D eigenvalue weighted by atomic mass is 9.79. The van der Waals surface area contributed by atoms with E-state index in [1.165, 1.54) is 6.42 Å². The number of hydrogen-bond acceptors (Lipinski definition) is 4. The molecule has 0 aromatic carbocycles. The Balaban J connectivity index is 1.95. The first-order valence-corrected chi connectivity index (χ1v) is 6.46. The molecule has 3 atom stereocenters. The summed E-state index contributed by atoms with van der Waals surface area (Å²) in [5, 5.41) is 11.1. The molecule has 1 saturated carbocycles. The standard InChI is InChI=1S/C13H20N4O/c1-8-3-4-10(7-9(8)2)15-12-6-5-11(13(14)18)16-17-12/h5-6,8-10H,3-4,7H2,1-2H3,(H2,14,18)(H,15,17). The van der Waals surface area contributed by atoms with Crippen molar-refractivity contribution in [2.24, 2.45) is 17.6 Å². The molecule has 1 heterocycles. The van der Waals surface area contributed by atoms with E-state index in [-0.39, 0.29) is 5.69 Å². The summed E-state index contributed by atoms with van der Waals surface area (Å²) in [6, 6.07) is 3.81. The molecule has 1 aromatic rings. The third-order valence-corrected chi connectivity index (χ3v) is 3.87. The number of hydrogen-bond donors (Lipinski definition) is 2. The van der Waals surface area contributed by atoms with Gasteiger partial charge in [0.25, 0.3) is 5.91 Å². The molecule has 2 rings (SSSR count). The quantitative estimate of drug-likeness (QED) is 0.854. The Labute approximate surface area is 107 Å². The van der Waals surface area contributed by atoms with Gasteiger partial charge in [-0.1, -0.05) is 13.8 Å². The second kappa shape index (κ2) is 5.33. The molecule has 5 nitrogen and oxygen atoms in total. The van der Waals surface area contributed by atoms with Crippen LogP contribution in [0.2, 0.25) is 0 Å². The highest BCUT2D eigenvalue weighted by Gasteiger charge is 2.24. The highest BCUT2D eigenvalue weighted by molar-refractivity contribution is 5.90. The smallest absolute Gasteiger partial charge is 0.269 e. The first kappa shape index (κ1) is 12.8. The molecule has 3 N–H and O–H groups in total. The maximum atomic E-state index is 10.9. The summed E-state index contributed by atoms with van der Waals surface area (Å²) in [5.74, 6) is 1.70. The number of aromatic nitrogens is 2. The van der Waals surface area contributed by atoms with E-state index in [9.17, 15) is 4.79 Å². The van der Waals surface area contributed by atoms with Gasteiger partial charge in [-0.3, -0.25) is 4.79 Å². The number of anilines is 1. The Kier molecular flexibility index (Phi) is 3.79. The minimum atomic E-state index is -0.547. The van der Waals surface area contributed by atoms with Crippen LogP contribution in [-0.2, 0) is 0 Å². The highest BCUT2D eigenvalue weighted by atomic mass is 16.1. The predicted octanol–water partition coefficient (Wildman–Crippen LogP) is 1.81. The zero-order chi connectivity index (χ0) is 13.1. The molecule has 0 spiro atoms. The van der Waals surface area contributed by atoms with Crippen LogP contribution in [0.15, 0.2) is 12.1 Å². The fourth-order valence-electron chi connectivity index (χ4n) is 2.43. The van der Waals surface area contributed by atoms with Gasteiger partial charge >= 0.3 is 0 Å².